The Morgan fingerprint density at radius 1 is 0.974 bits per heavy atom. The maximum absolute atomic E-state index is 12.8. The van der Waals surface area contributed by atoms with Gasteiger partial charge in [0.1, 0.15) is 5.37 Å². The first-order valence-electron chi connectivity index (χ1n) is 13.0. The molecule has 198 valence electrons. The number of aromatic nitrogens is 1. The second kappa shape index (κ2) is 11.3. The van der Waals surface area contributed by atoms with Gasteiger partial charge in [-0.3, -0.25) is 9.59 Å². The van der Waals surface area contributed by atoms with Gasteiger partial charge < -0.3 is 9.47 Å². The summed E-state index contributed by atoms with van der Waals surface area (Å²) in [5.74, 6) is 0.303. The number of nitrogens with zero attached hydrogens (tertiary/aromatic N) is 3. The summed E-state index contributed by atoms with van der Waals surface area (Å²) in [5.41, 5.74) is 11.9. The first kappa shape index (κ1) is 26.5. The predicted octanol–water partition coefficient (Wildman–Crippen LogP) is 6.25. The molecule has 5 rings (SSSR count). The van der Waals surface area contributed by atoms with Gasteiger partial charge in [0, 0.05) is 34.7 Å². The normalized spacial score (nSPS) is 15.3. The highest BCUT2D eigenvalue weighted by Crippen LogP contribution is 2.39. The van der Waals surface area contributed by atoms with E-state index in [2.05, 4.69) is 67.1 Å². The largest absolute Gasteiger partial charge is 0.322 e. The van der Waals surface area contributed by atoms with Gasteiger partial charge in [0.2, 0.25) is 5.91 Å². The van der Waals surface area contributed by atoms with E-state index in [1.54, 1.807) is 30.1 Å². The van der Waals surface area contributed by atoms with Gasteiger partial charge in [0.05, 0.1) is 12.0 Å². The van der Waals surface area contributed by atoms with Crippen LogP contribution in [0, 0.1) is 27.7 Å². The molecule has 4 aromatic rings. The van der Waals surface area contributed by atoms with Crippen LogP contribution < -0.4 is 5.43 Å². The van der Waals surface area contributed by atoms with Crippen LogP contribution in [0.2, 0.25) is 0 Å². The van der Waals surface area contributed by atoms with Gasteiger partial charge in [-0.15, -0.1) is 11.8 Å². The molecular formula is C32H32N4O2S. The van der Waals surface area contributed by atoms with Crippen LogP contribution in [-0.4, -0.2) is 33.2 Å². The fourth-order valence-corrected chi connectivity index (χ4v) is 6.29. The standard InChI is InChI=1S/C32H32N4O2S/c1-21-14-22(2)16-29(15-21)36-23(3)17-28(24(36)4)18-33-34-31(38)26-10-12-27(13-11-26)32-35(30(37)20-39-32)19-25-8-6-5-7-9-25/h5-18,32H,19-20H2,1-4H3,(H,34,38)/b33-18+. The minimum Gasteiger partial charge on any atom is -0.322 e. The van der Waals surface area contributed by atoms with Gasteiger partial charge in [0.25, 0.3) is 5.91 Å². The molecule has 1 aromatic heterocycles. The predicted molar refractivity (Wildman–Crippen MR) is 158 cm³/mol. The number of aryl methyl sites for hydroxylation is 3. The maximum atomic E-state index is 12.8. The smallest absolute Gasteiger partial charge is 0.271 e. The Kier molecular flexibility index (Phi) is 7.70. The lowest BCUT2D eigenvalue weighted by atomic mass is 10.1. The Morgan fingerprint density at radius 2 is 1.67 bits per heavy atom. The quantitative estimate of drug-likeness (QED) is 0.224. The van der Waals surface area contributed by atoms with Crippen LogP contribution in [0.5, 0.6) is 0 Å². The van der Waals surface area contributed by atoms with Crippen molar-refractivity contribution in [2.75, 3.05) is 5.75 Å². The van der Waals surface area contributed by atoms with Crippen molar-refractivity contribution in [2.24, 2.45) is 5.10 Å². The SMILES string of the molecule is Cc1cc(C)cc(-n2c(C)cc(/C=N/NC(=O)c3ccc(C4SCC(=O)N4Cc4ccccc4)cc3)c2C)c1. The third-order valence-corrected chi connectivity index (χ3v) is 8.18. The third kappa shape index (κ3) is 5.83. The highest BCUT2D eigenvalue weighted by molar-refractivity contribution is 8.00. The average Bonchev–Trinajstić information content (AvgIpc) is 3.41. The topological polar surface area (TPSA) is 66.7 Å². The zero-order chi connectivity index (χ0) is 27.5. The number of benzene rings is 3. The van der Waals surface area contributed by atoms with E-state index >= 15 is 0 Å². The Balaban J connectivity index is 1.25. The van der Waals surface area contributed by atoms with Crippen LogP contribution in [0.1, 0.15) is 54.9 Å². The summed E-state index contributed by atoms with van der Waals surface area (Å²) in [4.78, 5) is 27.2. The Labute approximate surface area is 233 Å². The summed E-state index contributed by atoms with van der Waals surface area (Å²) in [6.45, 7) is 8.89. The van der Waals surface area contributed by atoms with Gasteiger partial charge in [-0.2, -0.15) is 5.10 Å². The number of carbonyl (C=O) groups excluding carboxylic acids is 2. The van der Waals surface area contributed by atoms with E-state index in [1.165, 1.54) is 11.1 Å². The van der Waals surface area contributed by atoms with Crippen LogP contribution in [0.3, 0.4) is 0 Å². The van der Waals surface area contributed by atoms with Gasteiger partial charge in [-0.1, -0.05) is 48.5 Å². The molecule has 7 heteroatoms. The first-order chi connectivity index (χ1) is 18.8. The molecule has 1 unspecified atom stereocenters. The summed E-state index contributed by atoms with van der Waals surface area (Å²) in [7, 11) is 0. The number of carbonyl (C=O) groups is 2. The van der Waals surface area contributed by atoms with Crippen LogP contribution in [0.25, 0.3) is 5.69 Å². The lowest BCUT2D eigenvalue weighted by Crippen LogP contribution is -2.27. The number of amides is 2. The van der Waals surface area contributed by atoms with Crippen molar-refractivity contribution in [2.45, 2.75) is 39.6 Å². The molecular weight excluding hydrogens is 504 g/mol. The van der Waals surface area contributed by atoms with Crippen LogP contribution in [0.4, 0.5) is 0 Å². The van der Waals surface area contributed by atoms with E-state index in [4.69, 9.17) is 0 Å². The molecule has 0 radical (unpaired) electrons. The Morgan fingerprint density at radius 3 is 2.36 bits per heavy atom. The molecule has 0 bridgehead atoms. The molecule has 0 saturated carbocycles. The highest BCUT2D eigenvalue weighted by Gasteiger charge is 2.32. The van der Waals surface area contributed by atoms with Crippen molar-refractivity contribution >= 4 is 29.8 Å². The molecule has 6 nitrogen and oxygen atoms in total. The third-order valence-electron chi connectivity index (χ3n) is 6.93. The van der Waals surface area contributed by atoms with Crippen molar-refractivity contribution in [3.05, 3.63) is 124 Å². The zero-order valence-electron chi connectivity index (χ0n) is 22.6. The monoisotopic (exact) mass is 536 g/mol. The lowest BCUT2D eigenvalue weighted by Gasteiger charge is -2.24. The van der Waals surface area contributed by atoms with E-state index in [9.17, 15) is 9.59 Å². The van der Waals surface area contributed by atoms with Crippen LogP contribution in [-0.2, 0) is 11.3 Å². The molecule has 1 fully saturated rings. The van der Waals surface area contributed by atoms with Crippen molar-refractivity contribution in [1.82, 2.24) is 14.9 Å². The summed E-state index contributed by atoms with van der Waals surface area (Å²) in [6.07, 6.45) is 1.69. The summed E-state index contributed by atoms with van der Waals surface area (Å²) >= 11 is 1.61. The number of hydrogen-bond acceptors (Lipinski definition) is 4. The van der Waals surface area contributed by atoms with Gasteiger partial charge >= 0.3 is 0 Å². The number of nitrogens with one attached hydrogen (secondary N) is 1. The minimum absolute atomic E-state index is 0.0692. The molecule has 2 heterocycles. The average molecular weight is 537 g/mol. The lowest BCUT2D eigenvalue weighted by molar-refractivity contribution is -0.128. The fourth-order valence-electron chi connectivity index (χ4n) is 5.10. The number of hydrazone groups is 1. The number of rotatable bonds is 7. The number of thioether (sulfide) groups is 1. The number of hydrogen-bond donors (Lipinski definition) is 1. The van der Waals surface area contributed by atoms with E-state index in [0.29, 0.717) is 17.9 Å². The second-order valence-corrected chi connectivity index (χ2v) is 11.1. The van der Waals surface area contributed by atoms with E-state index in [1.807, 2.05) is 47.4 Å². The van der Waals surface area contributed by atoms with E-state index in [0.717, 1.165) is 33.8 Å². The molecule has 1 atom stereocenters. The molecule has 0 spiro atoms. The molecule has 1 saturated heterocycles. The summed E-state index contributed by atoms with van der Waals surface area (Å²) in [6, 6.07) is 26.0. The van der Waals surface area contributed by atoms with Crippen LogP contribution in [0.15, 0.2) is 84.0 Å². The van der Waals surface area contributed by atoms with Crippen LogP contribution >= 0.6 is 11.8 Å². The van der Waals surface area contributed by atoms with Crippen molar-refractivity contribution < 1.29 is 9.59 Å². The first-order valence-corrected chi connectivity index (χ1v) is 14.0. The Hall–Kier alpha value is -4.10. The maximum Gasteiger partial charge on any atom is 0.271 e. The second-order valence-electron chi connectivity index (χ2n) is 10.00. The zero-order valence-corrected chi connectivity index (χ0v) is 23.5. The van der Waals surface area contributed by atoms with Gasteiger partial charge in [0.15, 0.2) is 0 Å². The van der Waals surface area contributed by atoms with Gasteiger partial charge in [-0.25, -0.2) is 5.43 Å². The highest BCUT2D eigenvalue weighted by atomic mass is 32.2. The Bertz CT molecular complexity index is 1520. The minimum atomic E-state index is -0.280. The fraction of sp³-hybridized carbons (Fsp3) is 0.219. The van der Waals surface area contributed by atoms with E-state index in [-0.39, 0.29) is 17.2 Å². The summed E-state index contributed by atoms with van der Waals surface area (Å²) in [5, 5.41) is 4.17. The molecule has 1 aliphatic rings. The molecule has 39 heavy (non-hydrogen) atoms. The molecule has 3 aromatic carbocycles. The van der Waals surface area contributed by atoms with Crippen molar-refractivity contribution in [3.63, 3.8) is 0 Å². The van der Waals surface area contributed by atoms with Crippen molar-refractivity contribution in [1.29, 1.82) is 0 Å². The molecule has 0 aliphatic carbocycles. The molecule has 1 aliphatic heterocycles. The molecule has 2 amide bonds. The molecule has 1 N–H and O–H groups in total. The van der Waals surface area contributed by atoms with Crippen molar-refractivity contribution in [3.8, 4) is 5.69 Å². The summed E-state index contributed by atoms with van der Waals surface area (Å²) < 4.78 is 2.20. The van der Waals surface area contributed by atoms with Gasteiger partial charge in [-0.05, 0) is 80.3 Å². The van der Waals surface area contributed by atoms with E-state index < -0.39 is 0 Å².